The monoisotopic (exact) mass is 323 g/mol. The quantitative estimate of drug-likeness (QED) is 0.910. The van der Waals surface area contributed by atoms with Crippen molar-refractivity contribution in [3.05, 3.63) is 47.2 Å². The molecule has 1 amide bonds. The molecule has 0 aromatic carbocycles. The van der Waals surface area contributed by atoms with Crippen molar-refractivity contribution in [1.82, 2.24) is 9.88 Å². The van der Waals surface area contributed by atoms with E-state index in [4.69, 9.17) is 9.56 Å². The van der Waals surface area contributed by atoms with Gasteiger partial charge in [0.05, 0.1) is 17.8 Å². The minimum atomic E-state index is -3.91. The summed E-state index contributed by atoms with van der Waals surface area (Å²) in [5.41, 5.74) is 0.622. The summed E-state index contributed by atoms with van der Waals surface area (Å²) < 4.78 is 28.2. The van der Waals surface area contributed by atoms with Gasteiger partial charge in [-0.2, -0.15) is 0 Å². The highest BCUT2D eigenvalue weighted by Gasteiger charge is 2.19. The molecule has 0 bridgehead atoms. The Morgan fingerprint density at radius 2 is 2.05 bits per heavy atom. The number of primary sulfonamides is 1. The van der Waals surface area contributed by atoms with Crippen LogP contribution in [0.4, 0.5) is 0 Å². The number of aryl methyl sites for hydroxylation is 2. The number of sulfonamides is 1. The number of nitrogens with zero attached hydrogens (tertiary/aromatic N) is 2. The first-order chi connectivity index (χ1) is 10.2. The maximum atomic E-state index is 12.5. The second-order valence-electron chi connectivity index (χ2n) is 5.02. The molecule has 22 heavy (non-hydrogen) atoms. The van der Waals surface area contributed by atoms with Crippen LogP contribution in [0, 0.1) is 13.8 Å². The van der Waals surface area contributed by atoms with E-state index in [1.165, 1.54) is 11.0 Å². The van der Waals surface area contributed by atoms with Crippen LogP contribution in [0.5, 0.6) is 0 Å². The second kappa shape index (κ2) is 5.90. The number of carbonyl (C=O) groups excluding carboxylic acids is 1. The predicted octanol–water partition coefficient (Wildman–Crippen LogP) is 1.21. The fraction of sp³-hybridized carbons (Fsp3) is 0.286. The molecular weight excluding hydrogens is 306 g/mol. The van der Waals surface area contributed by atoms with Gasteiger partial charge in [0, 0.05) is 13.2 Å². The zero-order chi connectivity index (χ0) is 16.5. The Hall–Kier alpha value is -2.19. The van der Waals surface area contributed by atoms with Crippen LogP contribution in [0.25, 0.3) is 0 Å². The zero-order valence-electron chi connectivity index (χ0n) is 12.5. The van der Waals surface area contributed by atoms with Gasteiger partial charge in [-0.1, -0.05) is 0 Å². The van der Waals surface area contributed by atoms with E-state index >= 15 is 0 Å². The number of furan rings is 1. The summed E-state index contributed by atoms with van der Waals surface area (Å²) in [5, 5.41) is 5.07. The number of carbonyl (C=O) groups is 1. The van der Waals surface area contributed by atoms with Gasteiger partial charge in [0.1, 0.15) is 16.4 Å². The zero-order valence-corrected chi connectivity index (χ0v) is 13.3. The van der Waals surface area contributed by atoms with Gasteiger partial charge in [0.25, 0.3) is 5.91 Å². The standard InChI is InChI=1S/C14H17N3O4S/c1-9-4-5-11(21-9)8-17(3)14(18)13-6-12(22(15,19)20)7-16-10(13)2/h4-7H,8H2,1-3H3,(H2,15,19,20). The Bertz CT molecular complexity index is 811. The molecule has 0 atom stereocenters. The lowest BCUT2D eigenvalue weighted by Crippen LogP contribution is -2.27. The lowest BCUT2D eigenvalue weighted by atomic mass is 10.2. The molecule has 2 rings (SSSR count). The first kappa shape index (κ1) is 16.2. The number of rotatable bonds is 4. The van der Waals surface area contributed by atoms with Gasteiger partial charge in [-0.3, -0.25) is 9.78 Å². The number of aromatic nitrogens is 1. The normalized spacial score (nSPS) is 11.5. The highest BCUT2D eigenvalue weighted by molar-refractivity contribution is 7.89. The summed E-state index contributed by atoms with van der Waals surface area (Å²) in [4.78, 5) is 17.6. The number of pyridine rings is 1. The van der Waals surface area contributed by atoms with Crippen molar-refractivity contribution >= 4 is 15.9 Å². The van der Waals surface area contributed by atoms with Crippen LogP contribution in [0.3, 0.4) is 0 Å². The van der Waals surface area contributed by atoms with Crippen molar-refractivity contribution in [2.45, 2.75) is 25.3 Å². The highest BCUT2D eigenvalue weighted by atomic mass is 32.2. The van der Waals surface area contributed by atoms with Gasteiger partial charge >= 0.3 is 0 Å². The molecule has 7 nitrogen and oxygen atoms in total. The summed E-state index contributed by atoms with van der Waals surface area (Å²) in [5.74, 6) is 1.04. The van der Waals surface area contributed by atoms with Crippen LogP contribution in [-0.2, 0) is 16.6 Å². The minimum absolute atomic E-state index is 0.191. The molecule has 8 heteroatoms. The molecule has 0 fully saturated rings. The summed E-state index contributed by atoms with van der Waals surface area (Å²) in [7, 11) is -2.31. The van der Waals surface area contributed by atoms with E-state index in [9.17, 15) is 13.2 Å². The SMILES string of the molecule is Cc1ccc(CN(C)C(=O)c2cc(S(N)(=O)=O)cnc2C)o1. The lowest BCUT2D eigenvalue weighted by molar-refractivity contribution is 0.0773. The third-order valence-corrected chi connectivity index (χ3v) is 4.04. The number of hydrogen-bond donors (Lipinski definition) is 1. The van der Waals surface area contributed by atoms with Crippen molar-refractivity contribution in [3.63, 3.8) is 0 Å². The molecule has 0 radical (unpaired) electrons. The molecule has 0 unspecified atom stereocenters. The van der Waals surface area contributed by atoms with Crippen LogP contribution in [0.1, 0.15) is 27.6 Å². The van der Waals surface area contributed by atoms with Gasteiger partial charge < -0.3 is 9.32 Å². The van der Waals surface area contributed by atoms with E-state index in [0.717, 1.165) is 12.0 Å². The number of hydrogen-bond acceptors (Lipinski definition) is 5. The molecule has 0 aliphatic carbocycles. The molecule has 2 heterocycles. The topological polar surface area (TPSA) is 106 Å². The average Bonchev–Trinajstić information content (AvgIpc) is 2.82. The summed E-state index contributed by atoms with van der Waals surface area (Å²) in [6, 6.07) is 4.83. The molecule has 118 valence electrons. The summed E-state index contributed by atoms with van der Waals surface area (Å²) in [6.45, 7) is 3.71. The number of nitrogens with two attached hydrogens (primary N) is 1. The number of amides is 1. The third kappa shape index (κ3) is 3.52. The van der Waals surface area contributed by atoms with Gasteiger partial charge in [-0.25, -0.2) is 13.6 Å². The fourth-order valence-corrected chi connectivity index (χ4v) is 2.45. The molecule has 0 aliphatic rings. The van der Waals surface area contributed by atoms with E-state index < -0.39 is 10.0 Å². The maximum Gasteiger partial charge on any atom is 0.255 e. The Labute approximate surface area is 128 Å². The smallest absolute Gasteiger partial charge is 0.255 e. The third-order valence-electron chi connectivity index (χ3n) is 3.16. The largest absolute Gasteiger partial charge is 0.464 e. The van der Waals surface area contributed by atoms with Crippen molar-refractivity contribution < 1.29 is 17.6 Å². The summed E-state index contributed by atoms with van der Waals surface area (Å²) >= 11 is 0. The molecule has 0 saturated carbocycles. The van der Waals surface area contributed by atoms with Crippen molar-refractivity contribution in [2.24, 2.45) is 5.14 Å². The fourth-order valence-electron chi connectivity index (χ4n) is 1.97. The van der Waals surface area contributed by atoms with Crippen LogP contribution in [0.2, 0.25) is 0 Å². The first-order valence-electron chi connectivity index (χ1n) is 6.48. The molecule has 2 aromatic heterocycles. The van der Waals surface area contributed by atoms with Crippen molar-refractivity contribution in [2.75, 3.05) is 7.05 Å². The maximum absolute atomic E-state index is 12.5. The average molecular weight is 323 g/mol. The molecular formula is C14H17N3O4S. The van der Waals surface area contributed by atoms with E-state index in [0.29, 0.717) is 11.5 Å². The van der Waals surface area contributed by atoms with Crippen LogP contribution in [0.15, 0.2) is 33.7 Å². The molecule has 0 saturated heterocycles. The Morgan fingerprint density at radius 3 is 2.59 bits per heavy atom. The minimum Gasteiger partial charge on any atom is -0.464 e. The van der Waals surface area contributed by atoms with Gasteiger partial charge in [0.2, 0.25) is 10.0 Å². The Balaban J connectivity index is 2.28. The van der Waals surface area contributed by atoms with Crippen LogP contribution < -0.4 is 5.14 Å². The van der Waals surface area contributed by atoms with Crippen LogP contribution >= 0.6 is 0 Å². The Morgan fingerprint density at radius 1 is 1.36 bits per heavy atom. The molecule has 2 aromatic rings. The van der Waals surface area contributed by atoms with E-state index in [1.807, 2.05) is 13.0 Å². The van der Waals surface area contributed by atoms with E-state index in [-0.39, 0.29) is 22.9 Å². The molecule has 0 aliphatic heterocycles. The predicted molar refractivity (Wildman–Crippen MR) is 79.6 cm³/mol. The highest BCUT2D eigenvalue weighted by Crippen LogP contribution is 2.16. The molecule has 2 N–H and O–H groups in total. The van der Waals surface area contributed by atoms with E-state index in [2.05, 4.69) is 4.98 Å². The van der Waals surface area contributed by atoms with Gasteiger partial charge in [0.15, 0.2) is 0 Å². The van der Waals surface area contributed by atoms with Crippen molar-refractivity contribution in [1.29, 1.82) is 0 Å². The van der Waals surface area contributed by atoms with E-state index in [1.54, 1.807) is 20.0 Å². The second-order valence-corrected chi connectivity index (χ2v) is 6.58. The molecule has 0 spiro atoms. The van der Waals surface area contributed by atoms with Gasteiger partial charge in [-0.05, 0) is 32.0 Å². The van der Waals surface area contributed by atoms with Gasteiger partial charge in [-0.15, -0.1) is 0 Å². The van der Waals surface area contributed by atoms with Crippen molar-refractivity contribution in [3.8, 4) is 0 Å². The summed E-state index contributed by atoms with van der Waals surface area (Å²) in [6.07, 6.45) is 1.14. The van der Waals surface area contributed by atoms with Crippen LogP contribution in [-0.4, -0.2) is 31.3 Å². The Kier molecular flexibility index (Phi) is 4.34. The lowest BCUT2D eigenvalue weighted by Gasteiger charge is -2.17. The first-order valence-corrected chi connectivity index (χ1v) is 8.03.